The van der Waals surface area contributed by atoms with E-state index in [0.717, 1.165) is 19.5 Å². The van der Waals surface area contributed by atoms with Gasteiger partial charge in [-0.3, -0.25) is 30.3 Å². The van der Waals surface area contributed by atoms with Crippen LogP contribution in [0.4, 0.5) is 22.7 Å². The van der Waals surface area contributed by atoms with Gasteiger partial charge in [0.25, 0.3) is 11.4 Å². The number of anilines is 1. The zero-order valence-corrected chi connectivity index (χ0v) is 17.7. The van der Waals surface area contributed by atoms with Crippen molar-refractivity contribution in [3.05, 3.63) is 109 Å². The largest absolute Gasteiger partial charge is 0.497 e. The molecule has 11 nitrogen and oxygen atoms in total. The number of nitro groups is 3. The summed E-state index contributed by atoms with van der Waals surface area (Å²) < 4.78 is 0. The number of non-ortho nitro benzene ring substituents is 1. The van der Waals surface area contributed by atoms with Gasteiger partial charge in [0.05, 0.1) is 26.9 Å². The Balaban J connectivity index is 0.000000234. The maximum absolute atomic E-state index is 10.4. The van der Waals surface area contributed by atoms with Gasteiger partial charge in [-0.25, -0.2) is 0 Å². The van der Waals surface area contributed by atoms with E-state index in [1.54, 1.807) is 0 Å². The molecule has 33 heavy (non-hydrogen) atoms. The third-order valence-electron chi connectivity index (χ3n) is 4.67. The van der Waals surface area contributed by atoms with E-state index in [4.69, 9.17) is 5.11 Å². The van der Waals surface area contributed by atoms with Crippen LogP contribution in [0.2, 0.25) is 0 Å². The molecule has 0 heterocycles. The number of hydrogen-bond acceptors (Lipinski definition) is 8. The van der Waals surface area contributed by atoms with Gasteiger partial charge in [-0.1, -0.05) is 48.5 Å². The van der Waals surface area contributed by atoms with Crippen LogP contribution in [0.3, 0.4) is 0 Å². The zero-order valence-electron chi connectivity index (χ0n) is 17.7. The summed E-state index contributed by atoms with van der Waals surface area (Å²) in [6, 6.07) is 22.2. The maximum Gasteiger partial charge on any atom is 0.324 e. The van der Waals surface area contributed by atoms with E-state index < -0.39 is 37.6 Å². The van der Waals surface area contributed by atoms with Gasteiger partial charge in [0.15, 0.2) is 0 Å². The van der Waals surface area contributed by atoms with Crippen LogP contribution >= 0.6 is 0 Å². The highest BCUT2D eigenvalue weighted by Crippen LogP contribution is 2.38. The topological polar surface area (TPSA) is 153 Å². The molecule has 0 saturated heterocycles. The van der Waals surface area contributed by atoms with E-state index in [1.165, 1.54) is 11.3 Å². The quantitative estimate of drug-likeness (QED) is 0.373. The summed E-state index contributed by atoms with van der Waals surface area (Å²) in [5.74, 6) is -1.21. The predicted molar refractivity (Wildman–Crippen MR) is 123 cm³/mol. The van der Waals surface area contributed by atoms with Crippen LogP contribution in [0.25, 0.3) is 0 Å². The molecule has 0 saturated carbocycles. The van der Waals surface area contributed by atoms with Gasteiger partial charge in [-0.05, 0) is 31.0 Å². The van der Waals surface area contributed by atoms with Gasteiger partial charge >= 0.3 is 11.4 Å². The lowest BCUT2D eigenvalue weighted by atomic mass is 10.1. The molecular weight excluding hydrogens is 432 g/mol. The molecule has 3 aromatic rings. The molecule has 172 valence electrons. The first-order chi connectivity index (χ1) is 15.7. The van der Waals surface area contributed by atoms with E-state index in [0.29, 0.717) is 12.1 Å². The Morgan fingerprint density at radius 1 is 0.788 bits per heavy atom. The monoisotopic (exact) mass is 454 g/mol. The first-order valence-electron chi connectivity index (χ1n) is 9.88. The summed E-state index contributed by atoms with van der Waals surface area (Å²) in [5, 5.41) is 40.2. The van der Waals surface area contributed by atoms with Crippen LogP contribution in [0, 0.1) is 30.3 Å². The van der Waals surface area contributed by atoms with Crippen LogP contribution in [0.15, 0.2) is 72.8 Å². The van der Waals surface area contributed by atoms with Gasteiger partial charge in [0.2, 0.25) is 0 Å². The number of para-hydroxylation sites is 1. The summed E-state index contributed by atoms with van der Waals surface area (Å²) in [7, 11) is 0. The molecule has 1 N–H and O–H groups in total. The van der Waals surface area contributed by atoms with Crippen molar-refractivity contribution in [2.75, 3.05) is 18.0 Å². The molecule has 0 unspecified atom stereocenters. The van der Waals surface area contributed by atoms with E-state index in [9.17, 15) is 30.3 Å². The Morgan fingerprint density at radius 2 is 1.27 bits per heavy atom. The summed E-state index contributed by atoms with van der Waals surface area (Å²) in [4.78, 5) is 30.2. The van der Waals surface area contributed by atoms with E-state index >= 15 is 0 Å². The third-order valence-corrected chi connectivity index (χ3v) is 4.67. The van der Waals surface area contributed by atoms with Crippen LogP contribution in [-0.2, 0) is 6.42 Å². The molecule has 0 aliphatic heterocycles. The van der Waals surface area contributed by atoms with Crippen molar-refractivity contribution >= 4 is 22.7 Å². The molecule has 0 radical (unpaired) electrons. The minimum absolute atomic E-state index is 0.447. The van der Waals surface area contributed by atoms with Gasteiger partial charge in [0, 0.05) is 18.8 Å². The number of nitrogens with zero attached hydrogens (tertiary/aromatic N) is 4. The summed E-state index contributed by atoms with van der Waals surface area (Å²) in [6.45, 7) is 4.33. The fourth-order valence-electron chi connectivity index (χ4n) is 2.99. The highest BCUT2D eigenvalue weighted by molar-refractivity contribution is 5.64. The molecule has 3 aromatic carbocycles. The van der Waals surface area contributed by atoms with Crippen molar-refractivity contribution in [2.24, 2.45) is 0 Å². The van der Waals surface area contributed by atoms with Crippen LogP contribution in [0.1, 0.15) is 12.5 Å². The number of hydrogen-bond donors (Lipinski definition) is 1. The highest BCUT2D eigenvalue weighted by atomic mass is 16.6. The predicted octanol–water partition coefficient (Wildman–Crippen LogP) is 4.87. The highest BCUT2D eigenvalue weighted by Gasteiger charge is 2.30. The van der Waals surface area contributed by atoms with Gasteiger partial charge in [0.1, 0.15) is 0 Å². The summed E-state index contributed by atoms with van der Waals surface area (Å²) in [6.07, 6.45) is 1.10. The fourth-order valence-corrected chi connectivity index (χ4v) is 2.99. The number of aromatic hydroxyl groups is 1. The number of phenolic OH excluding ortho intramolecular Hbond substituents is 1. The van der Waals surface area contributed by atoms with Crippen LogP contribution < -0.4 is 4.90 Å². The van der Waals surface area contributed by atoms with Crippen LogP contribution in [0.5, 0.6) is 5.75 Å². The molecular formula is C22H22N4O7. The standard InChI is InChI=1S/C16H19N.C6H3N3O7/c1-2-17(16-11-7-4-8-12-16)14-13-15-9-5-3-6-10-15;10-6-4(8(13)14)1-3(7(11)12)2-5(6)9(15)16/h3-12H,2,13-14H2,1H3;1-2,10H. The Hall–Kier alpha value is -4.54. The number of rotatable bonds is 8. The number of nitro benzene ring substituents is 3. The van der Waals surface area contributed by atoms with E-state index in [2.05, 4.69) is 72.5 Å². The molecule has 0 atom stereocenters. The SMILES string of the molecule is CCN(CCc1ccccc1)c1ccccc1.O=[N+]([O-])c1cc([N+](=O)[O-])c(O)c([N+](=O)[O-])c1. The molecule has 0 spiro atoms. The number of phenols is 1. The summed E-state index contributed by atoms with van der Waals surface area (Å²) in [5.41, 5.74) is -0.286. The van der Waals surface area contributed by atoms with Gasteiger partial charge < -0.3 is 10.0 Å². The lowest BCUT2D eigenvalue weighted by Crippen LogP contribution is -2.25. The lowest BCUT2D eigenvalue weighted by molar-refractivity contribution is -0.404. The minimum atomic E-state index is -1.21. The second-order valence-corrected chi connectivity index (χ2v) is 6.75. The van der Waals surface area contributed by atoms with Gasteiger partial charge in [-0.15, -0.1) is 0 Å². The maximum atomic E-state index is 10.4. The Morgan fingerprint density at radius 3 is 1.70 bits per heavy atom. The second-order valence-electron chi connectivity index (χ2n) is 6.75. The van der Waals surface area contributed by atoms with E-state index in [1.807, 2.05) is 0 Å². The molecule has 0 fully saturated rings. The van der Waals surface area contributed by atoms with Crippen molar-refractivity contribution in [1.82, 2.24) is 0 Å². The smallest absolute Gasteiger partial charge is 0.324 e. The summed E-state index contributed by atoms with van der Waals surface area (Å²) >= 11 is 0. The molecule has 0 aliphatic carbocycles. The Bertz CT molecular complexity index is 1070. The van der Waals surface area contributed by atoms with Crippen molar-refractivity contribution in [3.8, 4) is 5.75 Å². The lowest BCUT2D eigenvalue weighted by Gasteiger charge is -2.23. The molecule has 0 aliphatic rings. The molecule has 11 heteroatoms. The average Bonchev–Trinajstić information content (AvgIpc) is 2.81. The van der Waals surface area contributed by atoms with Crippen LogP contribution in [-0.4, -0.2) is 33.0 Å². The zero-order chi connectivity index (χ0) is 24.4. The van der Waals surface area contributed by atoms with Crippen molar-refractivity contribution < 1.29 is 19.9 Å². The number of benzene rings is 3. The average molecular weight is 454 g/mol. The third kappa shape index (κ3) is 6.99. The molecule has 0 aromatic heterocycles. The Kier molecular flexibility index (Phi) is 8.80. The van der Waals surface area contributed by atoms with Crippen molar-refractivity contribution in [1.29, 1.82) is 0 Å². The normalized spacial score (nSPS) is 9.97. The van der Waals surface area contributed by atoms with Crippen molar-refractivity contribution in [2.45, 2.75) is 13.3 Å². The fraction of sp³-hybridized carbons (Fsp3) is 0.182. The van der Waals surface area contributed by atoms with Crippen molar-refractivity contribution in [3.63, 3.8) is 0 Å². The van der Waals surface area contributed by atoms with E-state index in [-0.39, 0.29) is 0 Å². The first-order valence-corrected chi connectivity index (χ1v) is 9.88. The number of likely N-dealkylation sites (N-methyl/N-ethyl adjacent to an activating group) is 1. The second kappa shape index (κ2) is 11.7. The molecule has 0 bridgehead atoms. The Labute approximate surface area is 189 Å². The molecule has 3 rings (SSSR count). The minimum Gasteiger partial charge on any atom is -0.497 e. The van der Waals surface area contributed by atoms with Gasteiger partial charge in [-0.2, -0.15) is 0 Å². The first kappa shape index (κ1) is 24.7. The molecule has 0 amide bonds.